The number of carbonyl (C=O) groups excluding carboxylic acids is 1. The number of anilines is 1. The van der Waals surface area contributed by atoms with Crippen LogP contribution in [0.5, 0.6) is 0 Å². The van der Waals surface area contributed by atoms with Crippen molar-refractivity contribution in [1.29, 1.82) is 0 Å². The van der Waals surface area contributed by atoms with Crippen LogP contribution in [0.4, 0.5) is 5.69 Å². The second-order valence-corrected chi connectivity index (χ2v) is 6.39. The molecule has 1 aliphatic heterocycles. The van der Waals surface area contributed by atoms with E-state index in [-0.39, 0.29) is 17.9 Å². The molecule has 0 aliphatic carbocycles. The quantitative estimate of drug-likeness (QED) is 0.862. The molecule has 0 bridgehead atoms. The summed E-state index contributed by atoms with van der Waals surface area (Å²) in [6, 6.07) is 18.2. The van der Waals surface area contributed by atoms with Crippen LogP contribution in [0.25, 0.3) is 0 Å². The summed E-state index contributed by atoms with van der Waals surface area (Å²) < 4.78 is 5.93. The van der Waals surface area contributed by atoms with Gasteiger partial charge in [-0.3, -0.25) is 4.79 Å². The third-order valence-electron chi connectivity index (χ3n) is 4.55. The number of hydrogen-bond donors (Lipinski definition) is 1. The summed E-state index contributed by atoms with van der Waals surface area (Å²) in [5.41, 5.74) is 3.24. The number of aryl methyl sites for hydroxylation is 1. The predicted octanol–water partition coefficient (Wildman–Crippen LogP) is 4.75. The molecular weight excluding hydrogens is 298 g/mol. The zero-order valence-electron chi connectivity index (χ0n) is 14.2. The smallest absolute Gasteiger partial charge is 0.230 e. The molecule has 2 atom stereocenters. The normalized spacial score (nSPS) is 20.5. The van der Waals surface area contributed by atoms with Crippen molar-refractivity contribution in [1.82, 2.24) is 0 Å². The molecule has 1 fully saturated rings. The lowest BCUT2D eigenvalue weighted by Gasteiger charge is -2.31. The van der Waals surface area contributed by atoms with Crippen LogP contribution in [0.2, 0.25) is 0 Å². The molecule has 3 rings (SSSR count). The van der Waals surface area contributed by atoms with Gasteiger partial charge in [0.2, 0.25) is 5.91 Å². The average Bonchev–Trinajstić information content (AvgIpc) is 2.64. The van der Waals surface area contributed by atoms with Crippen molar-refractivity contribution in [2.24, 2.45) is 5.92 Å². The molecule has 0 spiro atoms. The van der Waals surface area contributed by atoms with Crippen molar-refractivity contribution in [2.75, 3.05) is 11.9 Å². The highest BCUT2D eigenvalue weighted by Gasteiger charge is 2.33. The summed E-state index contributed by atoms with van der Waals surface area (Å²) in [7, 11) is 0. The summed E-state index contributed by atoms with van der Waals surface area (Å²) in [5.74, 6) is -0.0942. The third-order valence-corrected chi connectivity index (χ3v) is 4.55. The lowest BCUT2D eigenvalue weighted by molar-refractivity contribution is -0.129. The second kappa shape index (κ2) is 8.11. The van der Waals surface area contributed by atoms with E-state index < -0.39 is 0 Å². The Kier molecular flexibility index (Phi) is 5.65. The molecule has 1 aliphatic rings. The molecule has 2 aromatic carbocycles. The number of rotatable bonds is 5. The maximum atomic E-state index is 12.8. The molecule has 126 valence electrons. The fraction of sp³-hybridized carbons (Fsp3) is 0.381. The fourth-order valence-corrected chi connectivity index (χ4v) is 3.30. The summed E-state index contributed by atoms with van der Waals surface area (Å²) >= 11 is 0. The largest absolute Gasteiger partial charge is 0.373 e. The second-order valence-electron chi connectivity index (χ2n) is 6.39. The number of ether oxygens (including phenoxy) is 1. The predicted molar refractivity (Wildman–Crippen MR) is 96.9 cm³/mol. The van der Waals surface area contributed by atoms with E-state index >= 15 is 0 Å². The van der Waals surface area contributed by atoms with E-state index in [4.69, 9.17) is 4.74 Å². The average molecular weight is 323 g/mol. The molecule has 3 heteroatoms. The molecule has 0 aromatic heterocycles. The van der Waals surface area contributed by atoms with Crippen molar-refractivity contribution in [3.05, 3.63) is 65.7 Å². The van der Waals surface area contributed by atoms with Gasteiger partial charge in [-0.2, -0.15) is 0 Å². The molecule has 1 heterocycles. The molecule has 0 saturated carbocycles. The van der Waals surface area contributed by atoms with E-state index in [1.807, 2.05) is 42.5 Å². The summed E-state index contributed by atoms with van der Waals surface area (Å²) in [6.45, 7) is 2.89. The Morgan fingerprint density at radius 2 is 1.88 bits per heavy atom. The SMILES string of the molecule is CCCc1ccc(NC(=O)C2CCCOC2c2ccccc2)cc1. The van der Waals surface area contributed by atoms with Gasteiger partial charge in [0.1, 0.15) is 0 Å². The van der Waals surface area contributed by atoms with Crippen molar-refractivity contribution in [3.63, 3.8) is 0 Å². The first-order chi connectivity index (χ1) is 11.8. The number of amides is 1. The molecule has 1 amide bonds. The minimum atomic E-state index is -0.153. The Morgan fingerprint density at radius 3 is 2.58 bits per heavy atom. The van der Waals surface area contributed by atoms with Gasteiger partial charge in [0.15, 0.2) is 0 Å². The zero-order valence-corrected chi connectivity index (χ0v) is 14.2. The number of carbonyl (C=O) groups is 1. The summed E-state index contributed by atoms with van der Waals surface area (Å²) in [4.78, 5) is 12.8. The standard InChI is InChI=1S/C21H25NO2/c1-2-7-16-11-13-18(14-12-16)22-21(23)19-10-6-15-24-20(19)17-8-4-3-5-9-17/h3-5,8-9,11-14,19-20H,2,6-7,10,15H2,1H3,(H,22,23). The molecular formula is C21H25NO2. The van der Waals surface area contributed by atoms with Gasteiger partial charge in [-0.05, 0) is 42.5 Å². The Balaban J connectivity index is 1.70. The summed E-state index contributed by atoms with van der Waals surface area (Å²) in [5, 5.41) is 3.06. The van der Waals surface area contributed by atoms with Crippen LogP contribution in [0, 0.1) is 5.92 Å². The van der Waals surface area contributed by atoms with E-state index in [1.165, 1.54) is 5.56 Å². The first kappa shape index (κ1) is 16.7. The molecule has 1 N–H and O–H groups in total. The highest BCUT2D eigenvalue weighted by molar-refractivity contribution is 5.93. The van der Waals surface area contributed by atoms with Crippen molar-refractivity contribution < 1.29 is 9.53 Å². The molecule has 0 radical (unpaired) electrons. The Bertz CT molecular complexity index is 651. The Hall–Kier alpha value is -2.13. The van der Waals surface area contributed by atoms with E-state index in [9.17, 15) is 4.79 Å². The van der Waals surface area contributed by atoms with Gasteiger partial charge in [-0.15, -0.1) is 0 Å². The van der Waals surface area contributed by atoms with Gasteiger partial charge in [0.25, 0.3) is 0 Å². The molecule has 3 nitrogen and oxygen atoms in total. The minimum Gasteiger partial charge on any atom is -0.373 e. The van der Waals surface area contributed by atoms with Crippen LogP contribution in [-0.2, 0) is 16.0 Å². The van der Waals surface area contributed by atoms with E-state index in [1.54, 1.807) is 0 Å². The monoisotopic (exact) mass is 323 g/mol. The van der Waals surface area contributed by atoms with Gasteiger partial charge in [0.05, 0.1) is 12.0 Å². The van der Waals surface area contributed by atoms with Crippen molar-refractivity contribution in [3.8, 4) is 0 Å². The number of hydrogen-bond acceptors (Lipinski definition) is 2. The zero-order chi connectivity index (χ0) is 16.8. The number of nitrogens with one attached hydrogen (secondary N) is 1. The van der Waals surface area contributed by atoms with E-state index in [0.717, 1.165) is 43.5 Å². The molecule has 2 unspecified atom stereocenters. The maximum Gasteiger partial charge on any atom is 0.230 e. The van der Waals surface area contributed by atoms with Crippen LogP contribution >= 0.6 is 0 Å². The fourth-order valence-electron chi connectivity index (χ4n) is 3.30. The van der Waals surface area contributed by atoms with Gasteiger partial charge in [-0.25, -0.2) is 0 Å². The highest BCUT2D eigenvalue weighted by atomic mass is 16.5. The van der Waals surface area contributed by atoms with Crippen molar-refractivity contribution in [2.45, 2.75) is 38.7 Å². The Labute approximate surface area is 144 Å². The van der Waals surface area contributed by atoms with Crippen molar-refractivity contribution >= 4 is 11.6 Å². The third kappa shape index (κ3) is 4.04. The lowest BCUT2D eigenvalue weighted by Crippen LogP contribution is -2.33. The molecule has 1 saturated heterocycles. The highest BCUT2D eigenvalue weighted by Crippen LogP contribution is 2.34. The first-order valence-electron chi connectivity index (χ1n) is 8.84. The van der Waals surface area contributed by atoms with Crippen LogP contribution in [0.3, 0.4) is 0 Å². The van der Waals surface area contributed by atoms with Gasteiger partial charge >= 0.3 is 0 Å². The molecule has 2 aromatic rings. The van der Waals surface area contributed by atoms with Crippen LogP contribution in [-0.4, -0.2) is 12.5 Å². The Morgan fingerprint density at radius 1 is 1.12 bits per heavy atom. The maximum absolute atomic E-state index is 12.8. The van der Waals surface area contributed by atoms with Gasteiger partial charge in [0, 0.05) is 12.3 Å². The van der Waals surface area contributed by atoms with Gasteiger partial charge < -0.3 is 10.1 Å². The number of benzene rings is 2. The minimum absolute atomic E-state index is 0.0480. The summed E-state index contributed by atoms with van der Waals surface area (Å²) in [6.07, 6.45) is 3.83. The van der Waals surface area contributed by atoms with E-state index in [0.29, 0.717) is 0 Å². The van der Waals surface area contributed by atoms with Crippen LogP contribution < -0.4 is 5.32 Å². The van der Waals surface area contributed by atoms with Crippen LogP contribution in [0.15, 0.2) is 54.6 Å². The van der Waals surface area contributed by atoms with Gasteiger partial charge in [-0.1, -0.05) is 55.8 Å². The van der Waals surface area contributed by atoms with Crippen LogP contribution in [0.1, 0.15) is 43.4 Å². The topological polar surface area (TPSA) is 38.3 Å². The first-order valence-corrected chi connectivity index (χ1v) is 8.84. The molecule has 24 heavy (non-hydrogen) atoms. The lowest BCUT2D eigenvalue weighted by atomic mass is 9.88. The van der Waals surface area contributed by atoms with E-state index in [2.05, 4.69) is 24.4 Å².